The maximum Gasteiger partial charge on any atom is 0.238 e. The molecule has 0 spiro atoms. The molecule has 0 fully saturated rings. The standard InChI is InChI=1S/C22H24N2OS2/c1-3-16-10-12-17(13-11-16)22(20-9-6-14-27-20)23-15-21(25)24-18-7-4-5-8-19(18)26-2/h4-14,22-23H,3,15H2,1-2H3,(H,24,25)/t22-/m1/s1. The van der Waals surface area contributed by atoms with Crippen LogP contribution in [0.25, 0.3) is 0 Å². The van der Waals surface area contributed by atoms with Crippen LogP contribution in [0.5, 0.6) is 0 Å². The van der Waals surface area contributed by atoms with Gasteiger partial charge in [0, 0.05) is 9.77 Å². The number of benzene rings is 2. The van der Waals surface area contributed by atoms with Gasteiger partial charge in [-0.15, -0.1) is 23.1 Å². The van der Waals surface area contributed by atoms with E-state index in [1.165, 1.54) is 16.0 Å². The second-order valence-corrected chi connectivity index (χ2v) is 8.00. The van der Waals surface area contributed by atoms with Crippen molar-refractivity contribution in [2.45, 2.75) is 24.3 Å². The molecule has 0 saturated carbocycles. The highest BCUT2D eigenvalue weighted by Crippen LogP contribution is 2.27. The number of anilines is 1. The maximum absolute atomic E-state index is 12.5. The van der Waals surface area contributed by atoms with Gasteiger partial charge in [-0.3, -0.25) is 10.1 Å². The molecular formula is C22H24N2OS2. The molecule has 140 valence electrons. The van der Waals surface area contributed by atoms with Crippen LogP contribution >= 0.6 is 23.1 Å². The Balaban J connectivity index is 1.70. The molecule has 5 heteroatoms. The van der Waals surface area contributed by atoms with Crippen molar-refractivity contribution in [3.63, 3.8) is 0 Å². The zero-order valence-electron chi connectivity index (χ0n) is 15.6. The van der Waals surface area contributed by atoms with Crippen LogP contribution in [0.4, 0.5) is 5.69 Å². The molecule has 0 aliphatic rings. The molecule has 27 heavy (non-hydrogen) atoms. The van der Waals surface area contributed by atoms with Gasteiger partial charge in [0.25, 0.3) is 0 Å². The lowest BCUT2D eigenvalue weighted by molar-refractivity contribution is -0.115. The third-order valence-electron chi connectivity index (χ3n) is 4.40. The van der Waals surface area contributed by atoms with Gasteiger partial charge in [0.1, 0.15) is 0 Å². The van der Waals surface area contributed by atoms with Gasteiger partial charge < -0.3 is 5.32 Å². The Bertz CT molecular complexity index is 860. The van der Waals surface area contributed by atoms with E-state index in [2.05, 4.69) is 53.3 Å². The third kappa shape index (κ3) is 5.22. The zero-order valence-corrected chi connectivity index (χ0v) is 17.2. The van der Waals surface area contributed by atoms with E-state index < -0.39 is 0 Å². The Morgan fingerprint density at radius 1 is 1.07 bits per heavy atom. The number of thioether (sulfide) groups is 1. The van der Waals surface area contributed by atoms with Gasteiger partial charge in [-0.05, 0) is 47.4 Å². The third-order valence-corrected chi connectivity index (χ3v) is 6.13. The smallest absolute Gasteiger partial charge is 0.238 e. The van der Waals surface area contributed by atoms with Crippen LogP contribution in [-0.4, -0.2) is 18.7 Å². The van der Waals surface area contributed by atoms with Crippen molar-refractivity contribution in [3.05, 3.63) is 82.0 Å². The highest BCUT2D eigenvalue weighted by atomic mass is 32.2. The second-order valence-electron chi connectivity index (χ2n) is 6.17. The number of carbonyl (C=O) groups excluding carboxylic acids is 1. The van der Waals surface area contributed by atoms with Gasteiger partial charge in [-0.1, -0.05) is 49.4 Å². The van der Waals surface area contributed by atoms with Crippen LogP contribution in [0.1, 0.15) is 29.0 Å². The van der Waals surface area contributed by atoms with Crippen molar-refractivity contribution in [1.29, 1.82) is 0 Å². The van der Waals surface area contributed by atoms with Crippen LogP contribution in [0.3, 0.4) is 0 Å². The van der Waals surface area contributed by atoms with Crippen molar-refractivity contribution in [1.82, 2.24) is 5.32 Å². The molecule has 1 atom stereocenters. The molecule has 2 N–H and O–H groups in total. The molecule has 0 aliphatic carbocycles. The summed E-state index contributed by atoms with van der Waals surface area (Å²) in [5.41, 5.74) is 3.35. The summed E-state index contributed by atoms with van der Waals surface area (Å²) in [5.74, 6) is -0.0387. The largest absolute Gasteiger partial charge is 0.324 e. The van der Waals surface area contributed by atoms with E-state index in [0.29, 0.717) is 0 Å². The minimum Gasteiger partial charge on any atom is -0.324 e. The van der Waals surface area contributed by atoms with E-state index >= 15 is 0 Å². The Morgan fingerprint density at radius 3 is 2.52 bits per heavy atom. The zero-order chi connectivity index (χ0) is 19.1. The molecule has 3 rings (SSSR count). The fourth-order valence-electron chi connectivity index (χ4n) is 2.92. The highest BCUT2D eigenvalue weighted by Gasteiger charge is 2.16. The first-order valence-electron chi connectivity index (χ1n) is 8.99. The molecule has 3 aromatic rings. The average molecular weight is 397 g/mol. The Morgan fingerprint density at radius 2 is 1.85 bits per heavy atom. The molecule has 0 saturated heterocycles. The summed E-state index contributed by atoms with van der Waals surface area (Å²) in [7, 11) is 0. The van der Waals surface area contributed by atoms with Crippen LogP contribution in [0.15, 0.2) is 70.9 Å². The van der Waals surface area contributed by atoms with Crippen LogP contribution in [-0.2, 0) is 11.2 Å². The fourth-order valence-corrected chi connectivity index (χ4v) is 4.30. The summed E-state index contributed by atoms with van der Waals surface area (Å²) in [5, 5.41) is 8.51. The SMILES string of the molecule is CCc1ccc([C@@H](NCC(=O)Nc2ccccc2SC)c2cccs2)cc1. The van der Waals surface area contributed by atoms with Gasteiger partial charge >= 0.3 is 0 Å². The molecule has 1 heterocycles. The molecule has 0 aliphatic heterocycles. The van der Waals surface area contributed by atoms with Gasteiger partial charge in [-0.2, -0.15) is 0 Å². The highest BCUT2D eigenvalue weighted by molar-refractivity contribution is 7.98. The van der Waals surface area contributed by atoms with Crippen LogP contribution < -0.4 is 10.6 Å². The minimum absolute atomic E-state index is 0.0115. The predicted molar refractivity (Wildman–Crippen MR) is 117 cm³/mol. The number of carbonyl (C=O) groups is 1. The lowest BCUT2D eigenvalue weighted by Crippen LogP contribution is -2.31. The van der Waals surface area contributed by atoms with Crippen molar-refractivity contribution in [2.75, 3.05) is 18.1 Å². The van der Waals surface area contributed by atoms with Gasteiger partial charge in [0.2, 0.25) is 5.91 Å². The normalized spacial score (nSPS) is 11.9. The Hall–Kier alpha value is -2.08. The quantitative estimate of drug-likeness (QED) is 0.504. The first kappa shape index (κ1) is 19.7. The lowest BCUT2D eigenvalue weighted by Gasteiger charge is -2.18. The molecular weight excluding hydrogens is 372 g/mol. The van der Waals surface area contributed by atoms with E-state index in [-0.39, 0.29) is 18.5 Å². The topological polar surface area (TPSA) is 41.1 Å². The Labute approximate surface area is 169 Å². The summed E-state index contributed by atoms with van der Waals surface area (Å²) in [6, 6.07) is 20.6. The predicted octanol–water partition coefficient (Wildman–Crippen LogP) is 5.35. The number of nitrogens with one attached hydrogen (secondary N) is 2. The van der Waals surface area contributed by atoms with Crippen LogP contribution in [0.2, 0.25) is 0 Å². The molecule has 3 nitrogen and oxygen atoms in total. The van der Waals surface area contributed by atoms with E-state index in [1.54, 1.807) is 23.1 Å². The Kier molecular flexibility index (Phi) is 7.10. The summed E-state index contributed by atoms with van der Waals surface area (Å²) < 4.78 is 0. The van der Waals surface area contributed by atoms with Crippen molar-refractivity contribution in [2.24, 2.45) is 0 Å². The van der Waals surface area contributed by atoms with Crippen molar-refractivity contribution in [3.8, 4) is 0 Å². The molecule has 0 radical (unpaired) electrons. The van der Waals surface area contributed by atoms with Gasteiger partial charge in [0.15, 0.2) is 0 Å². The molecule has 2 aromatic carbocycles. The summed E-state index contributed by atoms with van der Waals surface area (Å²) in [6.45, 7) is 2.40. The second kappa shape index (κ2) is 9.74. The van der Waals surface area contributed by atoms with Crippen molar-refractivity contribution < 1.29 is 4.79 Å². The summed E-state index contributed by atoms with van der Waals surface area (Å²) >= 11 is 3.33. The van der Waals surface area contributed by atoms with Crippen LogP contribution in [0, 0.1) is 0 Å². The number of thiophene rings is 1. The van der Waals surface area contributed by atoms with Gasteiger partial charge in [0.05, 0.1) is 18.3 Å². The van der Waals surface area contributed by atoms with Gasteiger partial charge in [-0.25, -0.2) is 0 Å². The number of para-hydroxylation sites is 1. The average Bonchev–Trinajstić information content (AvgIpc) is 3.23. The lowest BCUT2D eigenvalue weighted by atomic mass is 10.0. The van der Waals surface area contributed by atoms with E-state index in [4.69, 9.17) is 0 Å². The number of hydrogen-bond donors (Lipinski definition) is 2. The summed E-state index contributed by atoms with van der Waals surface area (Å²) in [4.78, 5) is 14.8. The number of amides is 1. The molecule has 0 bridgehead atoms. The molecule has 1 amide bonds. The minimum atomic E-state index is -0.0387. The molecule has 1 aromatic heterocycles. The van der Waals surface area contributed by atoms with E-state index in [1.807, 2.05) is 36.6 Å². The summed E-state index contributed by atoms with van der Waals surface area (Å²) in [6.07, 6.45) is 3.03. The van der Waals surface area contributed by atoms with E-state index in [0.717, 1.165) is 17.0 Å². The monoisotopic (exact) mass is 396 g/mol. The first-order chi connectivity index (χ1) is 13.2. The maximum atomic E-state index is 12.5. The van der Waals surface area contributed by atoms with E-state index in [9.17, 15) is 4.79 Å². The first-order valence-corrected chi connectivity index (χ1v) is 11.1. The number of rotatable bonds is 8. The van der Waals surface area contributed by atoms with Crippen molar-refractivity contribution >= 4 is 34.7 Å². The fraction of sp³-hybridized carbons (Fsp3) is 0.227. The number of aryl methyl sites for hydroxylation is 1. The number of hydrogen-bond acceptors (Lipinski definition) is 4. The molecule has 0 unspecified atom stereocenters.